The highest BCUT2D eigenvalue weighted by Crippen LogP contribution is 2.25. The molecule has 0 saturated heterocycles. The summed E-state index contributed by atoms with van der Waals surface area (Å²) in [6.07, 6.45) is 0.699. The van der Waals surface area contributed by atoms with Crippen molar-refractivity contribution >= 4 is 21.6 Å². The summed E-state index contributed by atoms with van der Waals surface area (Å²) in [5.41, 5.74) is 3.33. The van der Waals surface area contributed by atoms with Gasteiger partial charge in [-0.2, -0.15) is 0 Å². The van der Waals surface area contributed by atoms with Crippen molar-refractivity contribution in [1.29, 1.82) is 0 Å². The molecule has 0 bridgehead atoms. The zero-order chi connectivity index (χ0) is 22.4. The molecule has 1 N–H and O–H groups in total. The molecule has 1 amide bonds. The minimum atomic E-state index is -3.92. The highest BCUT2D eigenvalue weighted by atomic mass is 32.2. The van der Waals surface area contributed by atoms with E-state index in [-0.39, 0.29) is 23.4 Å². The van der Waals surface area contributed by atoms with Gasteiger partial charge in [-0.1, -0.05) is 67.1 Å². The van der Waals surface area contributed by atoms with Gasteiger partial charge in [0, 0.05) is 0 Å². The van der Waals surface area contributed by atoms with Crippen LogP contribution in [0.25, 0.3) is 0 Å². The van der Waals surface area contributed by atoms with Gasteiger partial charge >= 0.3 is 0 Å². The molecule has 0 saturated carbocycles. The topological polar surface area (TPSA) is 66.5 Å². The number of hydrogen-bond donors (Lipinski definition) is 1. The molecular weight excluding hydrogens is 408 g/mol. The quantitative estimate of drug-likeness (QED) is 0.553. The average molecular weight is 437 g/mol. The van der Waals surface area contributed by atoms with E-state index in [4.69, 9.17) is 0 Å². The van der Waals surface area contributed by atoms with E-state index in [0.717, 1.165) is 16.7 Å². The maximum Gasteiger partial charge on any atom is 0.264 e. The van der Waals surface area contributed by atoms with Crippen molar-refractivity contribution in [3.05, 3.63) is 95.6 Å². The van der Waals surface area contributed by atoms with Crippen molar-refractivity contribution in [2.24, 2.45) is 0 Å². The van der Waals surface area contributed by atoms with Crippen LogP contribution in [-0.2, 0) is 14.8 Å². The van der Waals surface area contributed by atoms with Gasteiger partial charge in [0.2, 0.25) is 5.91 Å². The second-order valence-electron chi connectivity index (χ2n) is 7.60. The van der Waals surface area contributed by atoms with Gasteiger partial charge in [-0.3, -0.25) is 9.10 Å². The lowest BCUT2D eigenvalue weighted by Gasteiger charge is -2.26. The maximum atomic E-state index is 13.5. The van der Waals surface area contributed by atoms with Gasteiger partial charge in [0.15, 0.2) is 0 Å². The first-order chi connectivity index (χ1) is 14.8. The first-order valence-electron chi connectivity index (χ1n) is 10.3. The van der Waals surface area contributed by atoms with Gasteiger partial charge in [-0.25, -0.2) is 8.42 Å². The van der Waals surface area contributed by atoms with E-state index >= 15 is 0 Å². The van der Waals surface area contributed by atoms with Crippen LogP contribution in [0.3, 0.4) is 0 Å². The fourth-order valence-electron chi connectivity index (χ4n) is 3.41. The van der Waals surface area contributed by atoms with E-state index in [1.54, 1.807) is 42.5 Å². The van der Waals surface area contributed by atoms with Crippen molar-refractivity contribution in [1.82, 2.24) is 5.32 Å². The Labute approximate surface area is 184 Å². The SMILES string of the molecule is CC[C@@H](NC(=O)CN(c1cccc(C)c1)S(=O)(=O)c1ccc(C)cc1)c1ccccc1. The molecule has 6 heteroatoms. The Balaban J connectivity index is 1.91. The minimum Gasteiger partial charge on any atom is -0.348 e. The van der Waals surface area contributed by atoms with E-state index < -0.39 is 10.0 Å². The Morgan fingerprint density at radius 2 is 1.58 bits per heavy atom. The van der Waals surface area contributed by atoms with Crippen LogP contribution >= 0.6 is 0 Å². The minimum absolute atomic E-state index is 0.155. The molecule has 0 spiro atoms. The van der Waals surface area contributed by atoms with Crippen LogP contribution in [-0.4, -0.2) is 20.9 Å². The number of nitrogens with zero attached hydrogens (tertiary/aromatic N) is 1. The first kappa shape index (κ1) is 22.6. The van der Waals surface area contributed by atoms with E-state index in [0.29, 0.717) is 12.1 Å². The Morgan fingerprint density at radius 3 is 2.19 bits per heavy atom. The Morgan fingerprint density at radius 1 is 0.903 bits per heavy atom. The number of carbonyl (C=O) groups excluding carboxylic acids is 1. The number of benzene rings is 3. The summed E-state index contributed by atoms with van der Waals surface area (Å²) in [4.78, 5) is 13.1. The van der Waals surface area contributed by atoms with Gasteiger partial charge in [0.1, 0.15) is 6.54 Å². The highest BCUT2D eigenvalue weighted by Gasteiger charge is 2.28. The smallest absolute Gasteiger partial charge is 0.264 e. The molecule has 0 radical (unpaired) electrons. The van der Waals surface area contributed by atoms with Gasteiger partial charge < -0.3 is 5.32 Å². The number of sulfonamides is 1. The van der Waals surface area contributed by atoms with Gasteiger partial charge in [0.25, 0.3) is 10.0 Å². The molecule has 5 nitrogen and oxygen atoms in total. The van der Waals surface area contributed by atoms with Gasteiger partial charge in [0.05, 0.1) is 16.6 Å². The van der Waals surface area contributed by atoms with E-state index in [2.05, 4.69) is 5.32 Å². The van der Waals surface area contributed by atoms with Crippen molar-refractivity contribution in [3.63, 3.8) is 0 Å². The zero-order valence-electron chi connectivity index (χ0n) is 18.1. The van der Waals surface area contributed by atoms with Crippen molar-refractivity contribution in [2.45, 2.75) is 38.1 Å². The second-order valence-corrected chi connectivity index (χ2v) is 9.47. The molecular formula is C25H28N2O3S. The first-order valence-corrected chi connectivity index (χ1v) is 11.8. The molecule has 3 aromatic carbocycles. The van der Waals surface area contributed by atoms with Crippen molar-refractivity contribution in [2.75, 3.05) is 10.8 Å². The number of rotatable bonds is 8. The predicted molar refractivity (Wildman–Crippen MR) is 125 cm³/mol. The normalized spacial score (nSPS) is 12.2. The predicted octanol–water partition coefficient (Wildman–Crippen LogP) is 4.77. The number of carbonyl (C=O) groups is 1. The van der Waals surface area contributed by atoms with Crippen LogP contribution in [0.4, 0.5) is 5.69 Å². The van der Waals surface area contributed by atoms with Crippen molar-refractivity contribution < 1.29 is 13.2 Å². The Hall–Kier alpha value is -3.12. The molecule has 0 heterocycles. The Bertz CT molecular complexity index is 1130. The third-order valence-electron chi connectivity index (χ3n) is 5.13. The molecule has 0 aliphatic rings. The third kappa shape index (κ3) is 5.52. The van der Waals surface area contributed by atoms with Gasteiger partial charge in [-0.15, -0.1) is 0 Å². The summed E-state index contributed by atoms with van der Waals surface area (Å²) in [6.45, 7) is 5.47. The Kier molecular flexibility index (Phi) is 7.13. The van der Waals surface area contributed by atoms with Crippen LogP contribution in [0.5, 0.6) is 0 Å². The summed E-state index contributed by atoms with van der Waals surface area (Å²) in [7, 11) is -3.92. The summed E-state index contributed by atoms with van der Waals surface area (Å²) in [5, 5.41) is 2.99. The second kappa shape index (κ2) is 9.79. The molecule has 0 aromatic heterocycles. The summed E-state index contributed by atoms with van der Waals surface area (Å²) in [6, 6.07) is 23.3. The zero-order valence-corrected chi connectivity index (χ0v) is 18.9. The fourth-order valence-corrected chi connectivity index (χ4v) is 4.83. The molecule has 162 valence electrons. The number of nitrogens with one attached hydrogen (secondary N) is 1. The summed E-state index contributed by atoms with van der Waals surface area (Å²) >= 11 is 0. The molecule has 3 aromatic rings. The molecule has 0 unspecified atom stereocenters. The number of amides is 1. The number of anilines is 1. The van der Waals surface area contributed by atoms with E-state index in [1.165, 1.54) is 4.31 Å². The van der Waals surface area contributed by atoms with Crippen LogP contribution < -0.4 is 9.62 Å². The number of hydrogen-bond acceptors (Lipinski definition) is 3. The lowest BCUT2D eigenvalue weighted by molar-refractivity contribution is -0.120. The molecule has 31 heavy (non-hydrogen) atoms. The van der Waals surface area contributed by atoms with Crippen LogP contribution in [0.2, 0.25) is 0 Å². The van der Waals surface area contributed by atoms with Crippen LogP contribution in [0.1, 0.15) is 36.1 Å². The molecule has 0 aliphatic carbocycles. The lowest BCUT2D eigenvalue weighted by atomic mass is 10.0. The molecule has 3 rings (SSSR count). The standard InChI is InChI=1S/C25H28N2O3S/c1-4-24(21-10-6-5-7-11-21)26-25(28)18-27(22-12-8-9-20(3)17-22)31(29,30)23-15-13-19(2)14-16-23/h5-17,24H,4,18H2,1-3H3,(H,26,28)/t24-/m1/s1. The summed E-state index contributed by atoms with van der Waals surface area (Å²) in [5.74, 6) is -0.354. The highest BCUT2D eigenvalue weighted by molar-refractivity contribution is 7.92. The molecule has 0 aliphatic heterocycles. The summed E-state index contributed by atoms with van der Waals surface area (Å²) < 4.78 is 28.1. The third-order valence-corrected chi connectivity index (χ3v) is 6.92. The van der Waals surface area contributed by atoms with E-state index in [1.807, 2.05) is 57.2 Å². The van der Waals surface area contributed by atoms with Gasteiger partial charge in [-0.05, 0) is 55.7 Å². The van der Waals surface area contributed by atoms with Crippen molar-refractivity contribution in [3.8, 4) is 0 Å². The monoisotopic (exact) mass is 436 g/mol. The largest absolute Gasteiger partial charge is 0.348 e. The molecule has 1 atom stereocenters. The van der Waals surface area contributed by atoms with Crippen LogP contribution in [0.15, 0.2) is 83.8 Å². The molecule has 0 fully saturated rings. The average Bonchev–Trinajstić information content (AvgIpc) is 2.76. The van der Waals surface area contributed by atoms with E-state index in [9.17, 15) is 13.2 Å². The maximum absolute atomic E-state index is 13.5. The fraction of sp³-hybridized carbons (Fsp3) is 0.240. The lowest BCUT2D eigenvalue weighted by Crippen LogP contribution is -2.42. The van der Waals surface area contributed by atoms with Crippen LogP contribution in [0, 0.1) is 13.8 Å². The number of aryl methyl sites for hydroxylation is 2.